The first kappa shape index (κ1) is 18.9. The molecule has 0 unspecified atom stereocenters. The van der Waals surface area contributed by atoms with Gasteiger partial charge < -0.3 is 9.84 Å². The summed E-state index contributed by atoms with van der Waals surface area (Å²) in [5, 5.41) is 16.1. The molecule has 5 rings (SSSR count). The molecule has 29 heavy (non-hydrogen) atoms. The first-order valence-electron chi connectivity index (χ1n) is 10.1. The molecule has 1 aliphatic carbocycles. The van der Waals surface area contributed by atoms with Crippen LogP contribution in [0, 0.1) is 0 Å². The van der Waals surface area contributed by atoms with Crippen LogP contribution >= 0.6 is 11.6 Å². The van der Waals surface area contributed by atoms with E-state index >= 15 is 0 Å². The van der Waals surface area contributed by atoms with E-state index in [4.69, 9.17) is 21.2 Å². The molecule has 0 spiro atoms. The van der Waals surface area contributed by atoms with Crippen LogP contribution in [0.2, 0.25) is 5.02 Å². The second kappa shape index (κ2) is 7.33. The Morgan fingerprint density at radius 2 is 1.83 bits per heavy atom. The number of fused-ring (bicyclic) bond motifs is 2. The van der Waals surface area contributed by atoms with Crippen molar-refractivity contribution in [3.8, 4) is 5.75 Å². The monoisotopic (exact) mass is 412 g/mol. The van der Waals surface area contributed by atoms with E-state index in [0.717, 1.165) is 42.9 Å². The number of methoxy groups -OCH3 is 1. The van der Waals surface area contributed by atoms with Crippen molar-refractivity contribution in [1.82, 2.24) is 10.2 Å². The Labute approximate surface area is 176 Å². The average molecular weight is 413 g/mol. The maximum absolute atomic E-state index is 11.2. The molecule has 6 heteroatoms. The standard InChI is InChI=1S/C23H25ClN2O3/c1-28-20-9-4-16-2-3-17-15-29-26(22(17)21(16)14-20)25-12-10-23(27,11-13-25)18-5-7-19(24)8-6-18/h4-9,14,27H,2-3,10-13,15H2,1H3. The second-order valence-corrected chi connectivity index (χ2v) is 8.45. The SMILES string of the molecule is COc1ccc2c(c1)C1=C(CC2)CON1N1CCC(O)(c2ccc(Cl)cc2)CC1. The Morgan fingerprint density at radius 3 is 2.55 bits per heavy atom. The Kier molecular flexibility index (Phi) is 4.79. The molecule has 2 aliphatic heterocycles. The lowest BCUT2D eigenvalue weighted by atomic mass is 9.85. The molecule has 0 bridgehead atoms. The number of nitrogens with zero attached hydrogens (tertiary/aromatic N) is 2. The van der Waals surface area contributed by atoms with Crippen molar-refractivity contribution >= 4 is 17.3 Å². The van der Waals surface area contributed by atoms with E-state index in [1.807, 2.05) is 35.5 Å². The molecule has 1 saturated heterocycles. The fourth-order valence-electron chi connectivity index (χ4n) is 4.62. The van der Waals surface area contributed by atoms with Gasteiger partial charge in [-0.25, -0.2) is 0 Å². The minimum absolute atomic E-state index is 0.629. The minimum atomic E-state index is -0.828. The van der Waals surface area contributed by atoms with Gasteiger partial charge in [-0.1, -0.05) is 29.8 Å². The number of piperidine rings is 1. The van der Waals surface area contributed by atoms with E-state index in [-0.39, 0.29) is 0 Å². The molecule has 1 N–H and O–H groups in total. The van der Waals surface area contributed by atoms with Crippen LogP contribution in [0.5, 0.6) is 5.75 Å². The van der Waals surface area contributed by atoms with Gasteiger partial charge in [0.05, 0.1) is 18.4 Å². The van der Waals surface area contributed by atoms with Gasteiger partial charge in [-0.05, 0) is 66.6 Å². The predicted molar refractivity (Wildman–Crippen MR) is 112 cm³/mol. The lowest BCUT2D eigenvalue weighted by Gasteiger charge is -2.42. The fraction of sp³-hybridized carbons (Fsp3) is 0.391. The molecule has 1 fully saturated rings. The quantitative estimate of drug-likeness (QED) is 0.820. The Bertz CT molecular complexity index is 949. The molecular formula is C23H25ClN2O3. The third-order valence-electron chi connectivity index (χ3n) is 6.36. The topological polar surface area (TPSA) is 45.2 Å². The van der Waals surface area contributed by atoms with Gasteiger partial charge in [-0.2, -0.15) is 10.2 Å². The summed E-state index contributed by atoms with van der Waals surface area (Å²) in [4.78, 5) is 6.10. The number of hydroxylamine groups is 1. The van der Waals surface area contributed by atoms with Gasteiger partial charge >= 0.3 is 0 Å². The lowest BCUT2D eigenvalue weighted by Crippen LogP contribution is -2.49. The van der Waals surface area contributed by atoms with Crippen LogP contribution in [0.1, 0.15) is 36.0 Å². The van der Waals surface area contributed by atoms with Crippen LogP contribution in [-0.2, 0) is 16.9 Å². The maximum Gasteiger partial charge on any atom is 0.119 e. The number of halogens is 1. The third kappa shape index (κ3) is 3.32. The smallest absolute Gasteiger partial charge is 0.119 e. The fourth-order valence-corrected chi connectivity index (χ4v) is 4.74. The molecule has 3 aliphatic rings. The molecule has 152 valence electrons. The van der Waals surface area contributed by atoms with Crippen LogP contribution in [0.3, 0.4) is 0 Å². The van der Waals surface area contributed by atoms with Gasteiger partial charge in [0, 0.05) is 23.7 Å². The van der Waals surface area contributed by atoms with Crippen LogP contribution in [0.4, 0.5) is 0 Å². The predicted octanol–water partition coefficient (Wildman–Crippen LogP) is 4.15. The Morgan fingerprint density at radius 1 is 1.07 bits per heavy atom. The normalized spacial score (nSPS) is 21.1. The van der Waals surface area contributed by atoms with E-state index in [9.17, 15) is 5.11 Å². The first-order chi connectivity index (χ1) is 14.1. The van der Waals surface area contributed by atoms with E-state index in [2.05, 4.69) is 17.1 Å². The van der Waals surface area contributed by atoms with Gasteiger partial charge in [-0.15, -0.1) is 0 Å². The lowest BCUT2D eigenvalue weighted by molar-refractivity contribution is -0.239. The van der Waals surface area contributed by atoms with Crippen molar-refractivity contribution in [3.05, 3.63) is 69.8 Å². The number of hydrazine groups is 1. The minimum Gasteiger partial charge on any atom is -0.497 e. The maximum atomic E-state index is 11.2. The van der Waals surface area contributed by atoms with Crippen molar-refractivity contribution in [2.45, 2.75) is 31.3 Å². The van der Waals surface area contributed by atoms with E-state index in [1.165, 1.54) is 16.7 Å². The summed E-state index contributed by atoms with van der Waals surface area (Å²) in [7, 11) is 1.70. The molecule has 5 nitrogen and oxygen atoms in total. The first-order valence-corrected chi connectivity index (χ1v) is 10.5. The van der Waals surface area contributed by atoms with Crippen LogP contribution in [0.15, 0.2) is 48.0 Å². The van der Waals surface area contributed by atoms with Gasteiger partial charge in [0.1, 0.15) is 12.4 Å². The van der Waals surface area contributed by atoms with E-state index in [1.54, 1.807) is 7.11 Å². The third-order valence-corrected chi connectivity index (χ3v) is 6.61. The zero-order valence-corrected chi connectivity index (χ0v) is 17.3. The number of hydrogen-bond donors (Lipinski definition) is 1. The molecule has 0 saturated carbocycles. The Balaban J connectivity index is 1.37. The van der Waals surface area contributed by atoms with Crippen molar-refractivity contribution in [2.24, 2.45) is 0 Å². The van der Waals surface area contributed by atoms with Crippen LogP contribution < -0.4 is 4.74 Å². The molecule has 2 heterocycles. The summed E-state index contributed by atoms with van der Waals surface area (Å²) in [5.41, 5.74) is 5.12. The number of rotatable bonds is 3. The average Bonchev–Trinajstić information content (AvgIpc) is 3.19. The molecule has 0 amide bonds. The van der Waals surface area contributed by atoms with Crippen molar-refractivity contribution in [3.63, 3.8) is 0 Å². The largest absolute Gasteiger partial charge is 0.497 e. The zero-order chi connectivity index (χ0) is 20.0. The van der Waals surface area contributed by atoms with Gasteiger partial charge in [0.25, 0.3) is 0 Å². The zero-order valence-electron chi connectivity index (χ0n) is 16.5. The number of benzene rings is 2. The van der Waals surface area contributed by atoms with E-state index in [0.29, 0.717) is 24.5 Å². The van der Waals surface area contributed by atoms with Gasteiger partial charge in [-0.3, -0.25) is 4.84 Å². The summed E-state index contributed by atoms with van der Waals surface area (Å²) in [6.45, 7) is 2.06. The highest BCUT2D eigenvalue weighted by atomic mass is 35.5. The van der Waals surface area contributed by atoms with E-state index < -0.39 is 5.60 Å². The highest BCUT2D eigenvalue weighted by Crippen LogP contribution is 2.42. The summed E-state index contributed by atoms with van der Waals surface area (Å²) >= 11 is 6.01. The van der Waals surface area contributed by atoms with Crippen molar-refractivity contribution in [1.29, 1.82) is 0 Å². The highest BCUT2D eigenvalue weighted by molar-refractivity contribution is 6.30. The summed E-state index contributed by atoms with van der Waals surface area (Å²) in [5.74, 6) is 0.861. The summed E-state index contributed by atoms with van der Waals surface area (Å²) in [6, 6.07) is 13.8. The Hall–Kier alpha value is -2.05. The van der Waals surface area contributed by atoms with Gasteiger partial charge in [0.2, 0.25) is 0 Å². The van der Waals surface area contributed by atoms with Crippen molar-refractivity contribution < 1.29 is 14.7 Å². The number of aliphatic hydroxyl groups is 1. The molecule has 2 aromatic carbocycles. The summed E-state index contributed by atoms with van der Waals surface area (Å²) in [6.07, 6.45) is 3.34. The number of ether oxygens (including phenoxy) is 1. The molecule has 0 aromatic heterocycles. The number of hydrogen-bond acceptors (Lipinski definition) is 5. The number of aryl methyl sites for hydroxylation is 1. The van der Waals surface area contributed by atoms with Crippen molar-refractivity contribution in [2.75, 3.05) is 26.8 Å². The molecule has 2 aromatic rings. The van der Waals surface area contributed by atoms with Crippen LogP contribution in [0.25, 0.3) is 5.70 Å². The van der Waals surface area contributed by atoms with Gasteiger partial charge in [0.15, 0.2) is 0 Å². The molecule has 0 radical (unpaired) electrons. The van der Waals surface area contributed by atoms with Crippen LogP contribution in [-0.4, -0.2) is 42.1 Å². The molecular weight excluding hydrogens is 388 g/mol. The second-order valence-electron chi connectivity index (χ2n) is 8.01. The summed E-state index contributed by atoms with van der Waals surface area (Å²) < 4.78 is 5.46. The highest BCUT2D eigenvalue weighted by Gasteiger charge is 2.39. The molecule has 0 atom stereocenters.